The van der Waals surface area contributed by atoms with Crippen molar-refractivity contribution in [3.8, 4) is 5.69 Å². The van der Waals surface area contributed by atoms with Crippen molar-refractivity contribution in [2.45, 2.75) is 6.92 Å². The van der Waals surface area contributed by atoms with E-state index in [1.54, 1.807) is 65.3 Å². The summed E-state index contributed by atoms with van der Waals surface area (Å²) in [4.78, 5) is 38.5. The molecule has 164 valence electrons. The molecule has 0 bridgehead atoms. The molecule has 0 aliphatic rings. The van der Waals surface area contributed by atoms with Crippen LogP contribution >= 0.6 is 11.6 Å². The Morgan fingerprint density at radius 2 is 1.88 bits per heavy atom. The predicted molar refractivity (Wildman–Crippen MR) is 127 cm³/mol. The minimum absolute atomic E-state index is 0.136. The fourth-order valence-electron chi connectivity index (χ4n) is 3.55. The van der Waals surface area contributed by atoms with Crippen molar-refractivity contribution in [2.75, 3.05) is 11.9 Å². The van der Waals surface area contributed by atoms with Gasteiger partial charge in [0.1, 0.15) is 5.39 Å². The molecule has 0 aliphatic heterocycles. The van der Waals surface area contributed by atoms with Crippen LogP contribution in [0.5, 0.6) is 0 Å². The van der Waals surface area contributed by atoms with Crippen LogP contribution in [0.15, 0.2) is 71.9 Å². The molecule has 0 aliphatic carbocycles. The van der Waals surface area contributed by atoms with Gasteiger partial charge in [-0.15, -0.1) is 0 Å². The van der Waals surface area contributed by atoms with Gasteiger partial charge in [0.05, 0.1) is 10.7 Å². The number of hydrogen-bond donors (Lipinski definition) is 2. The van der Waals surface area contributed by atoms with Gasteiger partial charge in [-0.25, -0.2) is 14.5 Å². The van der Waals surface area contributed by atoms with E-state index in [0.717, 1.165) is 0 Å². The minimum Gasteiger partial charge on any atom is -0.352 e. The van der Waals surface area contributed by atoms with Gasteiger partial charge in [-0.1, -0.05) is 23.7 Å². The molecule has 0 spiro atoms. The number of carbonyl (C=O) groups is 1. The quantitative estimate of drug-likeness (QED) is 0.416. The van der Waals surface area contributed by atoms with Crippen molar-refractivity contribution in [2.24, 2.45) is 0 Å². The number of imidazole rings is 1. The first-order valence-electron chi connectivity index (χ1n) is 10.2. The van der Waals surface area contributed by atoms with Crippen LogP contribution in [0.3, 0.4) is 0 Å². The van der Waals surface area contributed by atoms with Crippen LogP contribution in [0, 0.1) is 0 Å². The first kappa shape index (κ1) is 20.7. The van der Waals surface area contributed by atoms with Gasteiger partial charge < -0.3 is 10.6 Å². The van der Waals surface area contributed by atoms with Crippen molar-refractivity contribution in [3.63, 3.8) is 0 Å². The molecule has 0 fully saturated rings. The minimum atomic E-state index is -0.324. The number of rotatable bonds is 5. The fourth-order valence-corrected chi connectivity index (χ4v) is 3.77. The van der Waals surface area contributed by atoms with E-state index in [1.807, 2.05) is 6.92 Å². The number of anilines is 2. The van der Waals surface area contributed by atoms with E-state index in [0.29, 0.717) is 51.3 Å². The van der Waals surface area contributed by atoms with Crippen LogP contribution in [-0.2, 0) is 0 Å². The Kier molecular flexibility index (Phi) is 5.23. The summed E-state index contributed by atoms with van der Waals surface area (Å²) in [5.41, 5.74) is 1.87. The topological polar surface area (TPSA) is 106 Å². The smallest absolute Gasteiger partial charge is 0.270 e. The molecule has 5 aromatic rings. The Bertz CT molecular complexity index is 1560. The molecular formula is C23H18ClN7O2. The van der Waals surface area contributed by atoms with Crippen molar-refractivity contribution in [3.05, 3.63) is 88.1 Å². The molecule has 0 saturated carbocycles. The Morgan fingerprint density at radius 3 is 2.64 bits per heavy atom. The molecule has 33 heavy (non-hydrogen) atoms. The van der Waals surface area contributed by atoms with Crippen LogP contribution in [0.25, 0.3) is 22.5 Å². The van der Waals surface area contributed by atoms with E-state index in [9.17, 15) is 9.59 Å². The number of fused-ring (bicyclic) bond motifs is 3. The maximum Gasteiger partial charge on any atom is 0.270 e. The monoisotopic (exact) mass is 459 g/mol. The lowest BCUT2D eigenvalue weighted by Gasteiger charge is -2.12. The summed E-state index contributed by atoms with van der Waals surface area (Å²) in [6, 6.07) is 14.0. The van der Waals surface area contributed by atoms with Crippen LogP contribution in [-0.4, -0.2) is 36.4 Å². The summed E-state index contributed by atoms with van der Waals surface area (Å²) < 4.78 is 3.16. The van der Waals surface area contributed by atoms with E-state index in [2.05, 4.69) is 25.6 Å². The Labute approximate surface area is 192 Å². The number of carbonyl (C=O) groups excluding carboxylic acids is 1. The molecule has 0 saturated heterocycles. The lowest BCUT2D eigenvalue weighted by Crippen LogP contribution is -2.23. The van der Waals surface area contributed by atoms with E-state index >= 15 is 0 Å². The summed E-state index contributed by atoms with van der Waals surface area (Å²) in [6.07, 6.45) is 4.79. The summed E-state index contributed by atoms with van der Waals surface area (Å²) in [5.74, 6) is 0.554. The molecule has 10 heteroatoms. The molecule has 0 atom stereocenters. The number of amides is 1. The number of halogens is 1. The highest BCUT2D eigenvalue weighted by molar-refractivity contribution is 6.32. The van der Waals surface area contributed by atoms with Gasteiger partial charge in [-0.05, 0) is 43.3 Å². The molecule has 9 nitrogen and oxygen atoms in total. The highest BCUT2D eigenvalue weighted by Gasteiger charge is 2.17. The van der Waals surface area contributed by atoms with Gasteiger partial charge in [-0.2, -0.15) is 4.98 Å². The van der Waals surface area contributed by atoms with E-state index in [1.165, 1.54) is 10.8 Å². The molecule has 0 unspecified atom stereocenters. The molecule has 1 amide bonds. The number of hydrogen-bond acceptors (Lipinski definition) is 6. The number of aromatic nitrogens is 5. The highest BCUT2D eigenvalue weighted by Crippen LogP contribution is 2.22. The molecule has 2 N–H and O–H groups in total. The highest BCUT2D eigenvalue weighted by atomic mass is 35.5. The number of para-hydroxylation sites is 1. The Morgan fingerprint density at radius 1 is 1.09 bits per heavy atom. The van der Waals surface area contributed by atoms with Crippen LogP contribution < -0.4 is 16.2 Å². The second-order valence-electron chi connectivity index (χ2n) is 7.18. The maximum atomic E-state index is 13.3. The van der Waals surface area contributed by atoms with Gasteiger partial charge in [0.25, 0.3) is 11.5 Å². The summed E-state index contributed by atoms with van der Waals surface area (Å²) in [7, 11) is 0. The predicted octanol–water partition coefficient (Wildman–Crippen LogP) is 3.58. The van der Waals surface area contributed by atoms with Gasteiger partial charge in [0, 0.05) is 36.4 Å². The molecule has 5 rings (SSSR count). The zero-order valence-electron chi connectivity index (χ0n) is 17.5. The lowest BCUT2D eigenvalue weighted by atomic mass is 10.2. The summed E-state index contributed by atoms with van der Waals surface area (Å²) in [5, 5.41) is 6.61. The fraction of sp³-hybridized carbons (Fsp3) is 0.0870. The first-order chi connectivity index (χ1) is 16.1. The van der Waals surface area contributed by atoms with E-state index < -0.39 is 0 Å². The van der Waals surface area contributed by atoms with Crippen molar-refractivity contribution in [1.82, 2.24) is 29.2 Å². The van der Waals surface area contributed by atoms with Gasteiger partial charge >= 0.3 is 0 Å². The van der Waals surface area contributed by atoms with E-state index in [-0.39, 0.29) is 11.5 Å². The zero-order chi connectivity index (χ0) is 22.9. The van der Waals surface area contributed by atoms with Gasteiger partial charge in [0.15, 0.2) is 5.65 Å². The standard InChI is InChI=1S/C23H18ClN7O2/c1-2-25-20(32)14-7-9-15(10-8-14)28-22-27-13-16-19(29-22)30-12-11-26-23(30)31(21(16)33)18-6-4-3-5-17(18)24/h3-13H,2H2,1H3,(H,25,32)(H,27,28,29). The molecule has 3 aromatic heterocycles. The summed E-state index contributed by atoms with van der Waals surface area (Å²) in [6.45, 7) is 2.43. The summed E-state index contributed by atoms with van der Waals surface area (Å²) >= 11 is 6.35. The Hall–Kier alpha value is -4.24. The number of nitrogens with one attached hydrogen (secondary N) is 2. The van der Waals surface area contributed by atoms with Crippen molar-refractivity contribution >= 4 is 46.0 Å². The second-order valence-corrected chi connectivity index (χ2v) is 7.59. The molecule has 0 radical (unpaired) electrons. The van der Waals surface area contributed by atoms with Crippen molar-refractivity contribution in [1.29, 1.82) is 0 Å². The third-order valence-electron chi connectivity index (χ3n) is 5.09. The van der Waals surface area contributed by atoms with Crippen molar-refractivity contribution < 1.29 is 4.79 Å². The SMILES string of the molecule is CCNC(=O)c1ccc(Nc2ncc3c(=O)n(-c4ccccc4Cl)c4nccn4c3n2)cc1. The average Bonchev–Trinajstić information content (AvgIpc) is 3.31. The van der Waals surface area contributed by atoms with Crippen LogP contribution in [0.4, 0.5) is 11.6 Å². The first-order valence-corrected chi connectivity index (χ1v) is 10.6. The number of nitrogens with zero attached hydrogens (tertiary/aromatic N) is 5. The zero-order valence-corrected chi connectivity index (χ0v) is 18.2. The Balaban J connectivity index is 1.57. The van der Waals surface area contributed by atoms with Gasteiger partial charge in [0.2, 0.25) is 11.7 Å². The third kappa shape index (κ3) is 3.68. The van der Waals surface area contributed by atoms with Gasteiger partial charge in [-0.3, -0.25) is 14.0 Å². The third-order valence-corrected chi connectivity index (χ3v) is 5.41. The normalized spacial score (nSPS) is 11.1. The molecule has 3 heterocycles. The van der Waals surface area contributed by atoms with Crippen LogP contribution in [0.1, 0.15) is 17.3 Å². The number of benzene rings is 2. The largest absolute Gasteiger partial charge is 0.352 e. The van der Waals surface area contributed by atoms with E-state index in [4.69, 9.17) is 11.6 Å². The lowest BCUT2D eigenvalue weighted by molar-refractivity contribution is 0.0956. The maximum absolute atomic E-state index is 13.3. The van der Waals surface area contributed by atoms with Crippen LogP contribution in [0.2, 0.25) is 5.02 Å². The molecular weight excluding hydrogens is 442 g/mol. The molecule has 2 aromatic carbocycles. The average molecular weight is 460 g/mol. The second kappa shape index (κ2) is 8.36.